The predicted molar refractivity (Wildman–Crippen MR) is 86.2 cm³/mol. The van der Waals surface area contributed by atoms with Crippen molar-refractivity contribution in [3.63, 3.8) is 0 Å². The highest BCUT2D eigenvalue weighted by Gasteiger charge is 2.07. The third-order valence-electron chi connectivity index (χ3n) is 3.05. The van der Waals surface area contributed by atoms with Gasteiger partial charge in [0.15, 0.2) is 0 Å². The van der Waals surface area contributed by atoms with E-state index in [1.807, 2.05) is 12.1 Å². The van der Waals surface area contributed by atoms with Gasteiger partial charge < -0.3 is 16.8 Å². The lowest BCUT2D eigenvalue weighted by atomic mass is 10.1. The second-order valence-electron chi connectivity index (χ2n) is 4.45. The summed E-state index contributed by atoms with van der Waals surface area (Å²) in [6, 6.07) is 11.0. The molecule has 4 nitrogen and oxygen atoms in total. The number of carbonyl (C=O) groups is 1. The SMILES string of the molecule is CCc1cc(Br)ccc1Nc1ccc(C(N)=O)cc1N. The maximum absolute atomic E-state index is 11.1. The molecule has 0 saturated heterocycles. The molecule has 0 atom stereocenters. The summed E-state index contributed by atoms with van der Waals surface area (Å²) in [5, 5.41) is 3.29. The Bertz CT molecular complexity index is 656. The van der Waals surface area contributed by atoms with Crippen LogP contribution in [0.25, 0.3) is 0 Å². The summed E-state index contributed by atoms with van der Waals surface area (Å²) in [6.07, 6.45) is 0.904. The summed E-state index contributed by atoms with van der Waals surface area (Å²) in [6.45, 7) is 2.09. The number of aryl methyl sites for hydroxylation is 1. The molecule has 0 aliphatic rings. The van der Waals surface area contributed by atoms with Crippen LogP contribution in [0.3, 0.4) is 0 Å². The number of halogens is 1. The first-order chi connectivity index (χ1) is 9.51. The average Bonchev–Trinajstić information content (AvgIpc) is 2.42. The lowest BCUT2D eigenvalue weighted by molar-refractivity contribution is 0.100. The van der Waals surface area contributed by atoms with Crippen LogP contribution < -0.4 is 16.8 Å². The lowest BCUT2D eigenvalue weighted by Crippen LogP contribution is -2.11. The Hall–Kier alpha value is -2.01. The van der Waals surface area contributed by atoms with E-state index in [0.29, 0.717) is 11.3 Å². The number of nitrogens with one attached hydrogen (secondary N) is 1. The molecule has 0 spiro atoms. The minimum atomic E-state index is -0.485. The molecule has 2 aromatic rings. The van der Waals surface area contributed by atoms with Crippen molar-refractivity contribution in [1.82, 2.24) is 0 Å². The standard InChI is InChI=1S/C15H16BrN3O/c1-2-9-7-11(16)4-6-13(9)19-14-5-3-10(15(18)20)8-12(14)17/h3-8,19H,2,17H2,1H3,(H2,18,20). The fourth-order valence-corrected chi connectivity index (χ4v) is 2.36. The molecular weight excluding hydrogens is 318 g/mol. The Morgan fingerprint density at radius 1 is 1.20 bits per heavy atom. The molecule has 104 valence electrons. The van der Waals surface area contributed by atoms with Crippen LogP contribution in [0, 0.1) is 0 Å². The van der Waals surface area contributed by atoms with Gasteiger partial charge in [-0.15, -0.1) is 0 Å². The van der Waals surface area contributed by atoms with Gasteiger partial charge in [0.05, 0.1) is 11.4 Å². The van der Waals surface area contributed by atoms with E-state index in [9.17, 15) is 4.79 Å². The van der Waals surface area contributed by atoms with Crippen molar-refractivity contribution >= 4 is 38.9 Å². The number of anilines is 3. The summed E-state index contributed by atoms with van der Waals surface area (Å²) in [5.41, 5.74) is 15.0. The van der Waals surface area contributed by atoms with Gasteiger partial charge in [-0.1, -0.05) is 22.9 Å². The third-order valence-corrected chi connectivity index (χ3v) is 3.55. The van der Waals surface area contributed by atoms with E-state index in [1.165, 1.54) is 5.56 Å². The number of rotatable bonds is 4. The molecule has 5 heteroatoms. The summed E-state index contributed by atoms with van der Waals surface area (Å²) >= 11 is 3.46. The minimum absolute atomic E-state index is 0.402. The Balaban J connectivity index is 2.33. The van der Waals surface area contributed by atoms with Crippen LogP contribution in [-0.2, 0) is 6.42 Å². The summed E-state index contributed by atoms with van der Waals surface area (Å²) in [4.78, 5) is 11.1. The van der Waals surface area contributed by atoms with Crippen LogP contribution in [0.2, 0.25) is 0 Å². The zero-order valence-electron chi connectivity index (χ0n) is 11.1. The van der Waals surface area contributed by atoms with E-state index >= 15 is 0 Å². The second kappa shape index (κ2) is 5.96. The van der Waals surface area contributed by atoms with Crippen LogP contribution in [0.15, 0.2) is 40.9 Å². The third kappa shape index (κ3) is 3.11. The monoisotopic (exact) mass is 333 g/mol. The Morgan fingerprint density at radius 3 is 2.50 bits per heavy atom. The van der Waals surface area contributed by atoms with Gasteiger partial charge in [-0.2, -0.15) is 0 Å². The maximum Gasteiger partial charge on any atom is 0.248 e. The summed E-state index contributed by atoms with van der Waals surface area (Å²) < 4.78 is 1.04. The zero-order chi connectivity index (χ0) is 14.7. The van der Waals surface area contributed by atoms with Crippen LogP contribution >= 0.6 is 15.9 Å². The first-order valence-corrected chi connectivity index (χ1v) is 7.05. The number of benzene rings is 2. The van der Waals surface area contributed by atoms with Crippen molar-refractivity contribution in [2.75, 3.05) is 11.1 Å². The molecule has 1 amide bonds. The molecule has 2 rings (SSSR count). The second-order valence-corrected chi connectivity index (χ2v) is 5.36. The minimum Gasteiger partial charge on any atom is -0.397 e. The van der Waals surface area contributed by atoms with Crippen molar-refractivity contribution in [3.8, 4) is 0 Å². The molecule has 2 aromatic carbocycles. The average molecular weight is 334 g/mol. The van der Waals surface area contributed by atoms with E-state index in [2.05, 4.69) is 34.2 Å². The van der Waals surface area contributed by atoms with Crippen molar-refractivity contribution in [2.24, 2.45) is 5.73 Å². The Morgan fingerprint density at radius 2 is 1.90 bits per heavy atom. The number of carbonyl (C=O) groups excluding carboxylic acids is 1. The number of nitrogen functional groups attached to an aromatic ring is 1. The number of nitrogens with two attached hydrogens (primary N) is 2. The van der Waals surface area contributed by atoms with Crippen LogP contribution in [0.5, 0.6) is 0 Å². The number of hydrogen-bond donors (Lipinski definition) is 3. The normalized spacial score (nSPS) is 10.3. The van der Waals surface area contributed by atoms with E-state index in [4.69, 9.17) is 11.5 Å². The fourth-order valence-electron chi connectivity index (χ4n) is 1.95. The van der Waals surface area contributed by atoms with E-state index < -0.39 is 5.91 Å². The molecule has 0 unspecified atom stereocenters. The molecule has 5 N–H and O–H groups in total. The van der Waals surface area contributed by atoms with Gasteiger partial charge in [0.1, 0.15) is 0 Å². The van der Waals surface area contributed by atoms with Crippen molar-refractivity contribution in [3.05, 3.63) is 52.0 Å². The molecule has 0 bridgehead atoms. The van der Waals surface area contributed by atoms with Crippen LogP contribution in [0.4, 0.5) is 17.1 Å². The van der Waals surface area contributed by atoms with Gasteiger partial charge in [-0.25, -0.2) is 0 Å². The lowest BCUT2D eigenvalue weighted by Gasteiger charge is -2.14. The highest BCUT2D eigenvalue weighted by Crippen LogP contribution is 2.28. The van der Waals surface area contributed by atoms with Gasteiger partial charge in [0.2, 0.25) is 5.91 Å². The quantitative estimate of drug-likeness (QED) is 0.749. The largest absolute Gasteiger partial charge is 0.397 e. The molecular formula is C15H16BrN3O. The maximum atomic E-state index is 11.1. The molecule has 0 aliphatic heterocycles. The smallest absolute Gasteiger partial charge is 0.248 e. The Labute approximate surface area is 126 Å². The van der Waals surface area contributed by atoms with Crippen molar-refractivity contribution in [2.45, 2.75) is 13.3 Å². The first-order valence-electron chi connectivity index (χ1n) is 6.26. The van der Waals surface area contributed by atoms with Crippen molar-refractivity contribution in [1.29, 1.82) is 0 Å². The highest BCUT2D eigenvalue weighted by molar-refractivity contribution is 9.10. The van der Waals surface area contributed by atoms with Gasteiger partial charge in [-0.05, 0) is 48.4 Å². The predicted octanol–water partition coefficient (Wildman–Crippen LogP) is 3.44. The van der Waals surface area contributed by atoms with Crippen molar-refractivity contribution < 1.29 is 4.79 Å². The van der Waals surface area contributed by atoms with E-state index in [1.54, 1.807) is 18.2 Å². The molecule has 0 heterocycles. The zero-order valence-corrected chi connectivity index (χ0v) is 12.7. The van der Waals surface area contributed by atoms with Gasteiger partial charge in [0.25, 0.3) is 0 Å². The van der Waals surface area contributed by atoms with E-state index in [0.717, 1.165) is 22.3 Å². The fraction of sp³-hybridized carbons (Fsp3) is 0.133. The molecule has 0 radical (unpaired) electrons. The number of amides is 1. The summed E-state index contributed by atoms with van der Waals surface area (Å²) in [7, 11) is 0. The topological polar surface area (TPSA) is 81.1 Å². The number of primary amides is 1. The Kier molecular flexibility index (Phi) is 4.29. The summed E-state index contributed by atoms with van der Waals surface area (Å²) in [5.74, 6) is -0.485. The van der Waals surface area contributed by atoms with Gasteiger partial charge >= 0.3 is 0 Å². The number of hydrogen-bond acceptors (Lipinski definition) is 3. The molecule has 20 heavy (non-hydrogen) atoms. The van der Waals surface area contributed by atoms with Crippen LogP contribution in [-0.4, -0.2) is 5.91 Å². The molecule has 0 fully saturated rings. The molecule has 0 aromatic heterocycles. The van der Waals surface area contributed by atoms with Gasteiger partial charge in [-0.3, -0.25) is 4.79 Å². The highest BCUT2D eigenvalue weighted by atomic mass is 79.9. The van der Waals surface area contributed by atoms with E-state index in [-0.39, 0.29) is 0 Å². The first kappa shape index (κ1) is 14.4. The molecule has 0 saturated carbocycles. The van der Waals surface area contributed by atoms with Gasteiger partial charge in [0, 0.05) is 15.7 Å². The molecule has 0 aliphatic carbocycles. The van der Waals surface area contributed by atoms with Crippen LogP contribution in [0.1, 0.15) is 22.8 Å².